The Morgan fingerprint density at radius 2 is 0.895 bits per heavy atom. The van der Waals surface area contributed by atoms with Crippen LogP contribution in [0.15, 0.2) is 182 Å². The van der Waals surface area contributed by atoms with Crippen molar-refractivity contribution < 1.29 is 0 Å². The molecule has 57 heavy (non-hydrogen) atoms. The summed E-state index contributed by atoms with van der Waals surface area (Å²) in [6.07, 6.45) is 5.41. The molecule has 0 bridgehead atoms. The summed E-state index contributed by atoms with van der Waals surface area (Å²) in [6, 6.07) is 58.2. The molecule has 1 aliphatic rings. The zero-order chi connectivity index (χ0) is 37.5. The molecule has 5 aromatic carbocycles. The Labute approximate surface area is 327 Å². The second kappa shape index (κ2) is 12.2. The summed E-state index contributed by atoms with van der Waals surface area (Å²) in [6.45, 7) is 0. The molecule has 0 fully saturated rings. The van der Waals surface area contributed by atoms with Gasteiger partial charge in [0.1, 0.15) is 16.9 Å². The van der Waals surface area contributed by atoms with E-state index < -0.39 is 8.07 Å². The third kappa shape index (κ3) is 4.48. The molecule has 11 aromatic rings. The average molecular weight is 747 g/mol. The molecular weight excluding hydrogens is 717 g/mol. The first-order valence-electron chi connectivity index (χ1n) is 19.0. The van der Waals surface area contributed by atoms with E-state index in [1.54, 1.807) is 12.4 Å². The first kappa shape index (κ1) is 31.7. The summed E-state index contributed by atoms with van der Waals surface area (Å²) in [5, 5.41) is 9.38. The van der Waals surface area contributed by atoms with Crippen LogP contribution in [0.1, 0.15) is 0 Å². The van der Waals surface area contributed by atoms with Crippen molar-refractivity contribution in [2.24, 2.45) is 0 Å². The summed E-state index contributed by atoms with van der Waals surface area (Å²) >= 11 is 0. The molecule has 9 heteroatoms. The van der Waals surface area contributed by atoms with Crippen LogP contribution in [-0.4, -0.2) is 47.1 Å². The van der Waals surface area contributed by atoms with E-state index in [2.05, 4.69) is 140 Å². The largest absolute Gasteiger partial charge is 0.262 e. The zero-order valence-corrected chi connectivity index (χ0v) is 31.4. The Morgan fingerprint density at radius 3 is 1.56 bits per heavy atom. The van der Waals surface area contributed by atoms with Gasteiger partial charge in [-0.1, -0.05) is 121 Å². The number of fused-ring (bicyclic) bond motifs is 9. The van der Waals surface area contributed by atoms with Gasteiger partial charge in [-0.25, -0.2) is 19.5 Å². The van der Waals surface area contributed by atoms with Gasteiger partial charge in [0, 0.05) is 45.7 Å². The summed E-state index contributed by atoms with van der Waals surface area (Å²) in [5.74, 6) is 1.43. The van der Waals surface area contributed by atoms with E-state index in [4.69, 9.17) is 29.9 Å². The number of hydrogen-bond donors (Lipinski definition) is 0. The first-order chi connectivity index (χ1) is 28.3. The molecule has 266 valence electrons. The summed E-state index contributed by atoms with van der Waals surface area (Å²) in [5.41, 5.74) is 6.57. The summed E-state index contributed by atoms with van der Waals surface area (Å²) < 4.78 is 4.00. The predicted molar refractivity (Wildman–Crippen MR) is 230 cm³/mol. The van der Waals surface area contributed by atoms with Gasteiger partial charge >= 0.3 is 0 Å². The van der Waals surface area contributed by atoms with Crippen molar-refractivity contribution in [1.82, 2.24) is 39.0 Å². The third-order valence-electron chi connectivity index (χ3n) is 11.4. The van der Waals surface area contributed by atoms with Gasteiger partial charge in [0.25, 0.3) is 0 Å². The molecular formula is C48H30N8Si. The fourth-order valence-corrected chi connectivity index (χ4v) is 14.3. The molecule has 12 rings (SSSR count). The normalized spacial score (nSPS) is 13.1. The van der Waals surface area contributed by atoms with E-state index in [1.807, 2.05) is 39.6 Å². The van der Waals surface area contributed by atoms with Crippen LogP contribution in [0.3, 0.4) is 0 Å². The van der Waals surface area contributed by atoms with Crippen LogP contribution < -0.4 is 20.7 Å². The minimum atomic E-state index is -2.78. The molecule has 6 aromatic heterocycles. The lowest BCUT2D eigenvalue weighted by Gasteiger charge is -2.31. The van der Waals surface area contributed by atoms with Gasteiger partial charge in [0.15, 0.2) is 13.9 Å². The molecule has 0 saturated carbocycles. The van der Waals surface area contributed by atoms with Crippen molar-refractivity contribution in [3.63, 3.8) is 0 Å². The highest BCUT2D eigenvalue weighted by atomic mass is 28.3. The monoisotopic (exact) mass is 746 g/mol. The predicted octanol–water partition coefficient (Wildman–Crippen LogP) is 7.28. The van der Waals surface area contributed by atoms with Gasteiger partial charge in [-0.2, -0.15) is 15.0 Å². The van der Waals surface area contributed by atoms with Crippen LogP contribution in [0.25, 0.3) is 78.4 Å². The van der Waals surface area contributed by atoms with Crippen LogP contribution in [0.5, 0.6) is 0 Å². The molecule has 0 N–H and O–H groups in total. The Balaban J connectivity index is 1.18. The Hall–Kier alpha value is -7.62. The maximum atomic E-state index is 5.35. The van der Waals surface area contributed by atoms with Crippen molar-refractivity contribution in [3.05, 3.63) is 182 Å². The summed E-state index contributed by atoms with van der Waals surface area (Å²) in [4.78, 5) is 30.5. The maximum absolute atomic E-state index is 5.35. The molecule has 0 unspecified atom stereocenters. The van der Waals surface area contributed by atoms with E-state index in [0.717, 1.165) is 49.6 Å². The first-order valence-corrected chi connectivity index (χ1v) is 21.0. The van der Waals surface area contributed by atoms with Crippen LogP contribution in [-0.2, 0) is 0 Å². The molecule has 0 spiro atoms. The number of pyridine rings is 3. The fourth-order valence-electron chi connectivity index (χ4n) is 9.13. The van der Waals surface area contributed by atoms with Crippen molar-refractivity contribution in [2.45, 2.75) is 0 Å². The maximum Gasteiger partial charge on any atom is 0.242 e. The van der Waals surface area contributed by atoms with Gasteiger partial charge in [0.2, 0.25) is 11.9 Å². The number of benzene rings is 5. The third-order valence-corrected chi connectivity index (χ3v) is 16.3. The highest BCUT2D eigenvalue weighted by Gasteiger charge is 2.48. The van der Waals surface area contributed by atoms with Crippen molar-refractivity contribution in [2.75, 3.05) is 0 Å². The molecule has 7 heterocycles. The lowest BCUT2D eigenvalue weighted by atomic mass is 10.0. The van der Waals surface area contributed by atoms with E-state index in [-0.39, 0.29) is 0 Å². The second-order valence-electron chi connectivity index (χ2n) is 14.4. The average Bonchev–Trinajstić information content (AvgIpc) is 3.91. The molecule has 0 saturated heterocycles. The molecule has 0 amide bonds. The number of rotatable bonds is 5. The van der Waals surface area contributed by atoms with Gasteiger partial charge in [-0.05, 0) is 74.3 Å². The molecule has 0 atom stereocenters. The van der Waals surface area contributed by atoms with Crippen LogP contribution in [0, 0.1) is 0 Å². The highest BCUT2D eigenvalue weighted by Crippen LogP contribution is 2.34. The minimum absolute atomic E-state index is 0.424. The van der Waals surface area contributed by atoms with E-state index in [9.17, 15) is 0 Å². The standard InChI is InChI=1S/C48H30N8Si/c1-3-14-32(15-4-1)57(33-16-5-2-6-17-33)41-24-10-8-19-35(41)36-26-25-31(30-42(36)57)43-52-47(55-40-23-9-7-18-34(40)37-20-11-27-49-44(37)55)54-48(53-43)56-45-38(21-12-28-50-45)39-22-13-29-51-46(39)56/h1-30H. The van der Waals surface area contributed by atoms with E-state index in [0.29, 0.717) is 17.7 Å². The lowest BCUT2D eigenvalue weighted by Crippen LogP contribution is -2.72. The number of aromatic nitrogens is 8. The van der Waals surface area contributed by atoms with Crippen molar-refractivity contribution >= 4 is 72.8 Å². The highest BCUT2D eigenvalue weighted by molar-refractivity contribution is 7.22. The molecule has 0 radical (unpaired) electrons. The zero-order valence-electron chi connectivity index (χ0n) is 30.4. The smallest absolute Gasteiger partial charge is 0.242 e. The Bertz CT molecular complexity index is 3100. The van der Waals surface area contributed by atoms with Gasteiger partial charge in [0.05, 0.1) is 5.52 Å². The quantitative estimate of drug-likeness (QED) is 0.172. The van der Waals surface area contributed by atoms with Crippen molar-refractivity contribution in [1.29, 1.82) is 0 Å². The van der Waals surface area contributed by atoms with Gasteiger partial charge in [-0.3, -0.25) is 4.57 Å². The minimum Gasteiger partial charge on any atom is -0.262 e. The van der Waals surface area contributed by atoms with Crippen LogP contribution in [0.4, 0.5) is 0 Å². The van der Waals surface area contributed by atoms with Gasteiger partial charge < -0.3 is 0 Å². The molecule has 1 aliphatic heterocycles. The summed E-state index contributed by atoms with van der Waals surface area (Å²) in [7, 11) is -2.78. The topological polar surface area (TPSA) is 87.2 Å². The lowest BCUT2D eigenvalue weighted by molar-refractivity contribution is 0.879. The Morgan fingerprint density at radius 1 is 0.386 bits per heavy atom. The number of para-hydroxylation sites is 1. The molecule has 0 aliphatic carbocycles. The number of hydrogen-bond acceptors (Lipinski definition) is 6. The van der Waals surface area contributed by atoms with E-state index >= 15 is 0 Å². The van der Waals surface area contributed by atoms with E-state index in [1.165, 1.54) is 31.9 Å². The molecule has 8 nitrogen and oxygen atoms in total. The van der Waals surface area contributed by atoms with Crippen molar-refractivity contribution in [3.8, 4) is 34.4 Å². The Kier molecular flexibility index (Phi) is 6.78. The number of nitrogens with zero attached hydrogens (tertiary/aromatic N) is 8. The van der Waals surface area contributed by atoms with Crippen LogP contribution in [0.2, 0.25) is 0 Å². The van der Waals surface area contributed by atoms with Crippen LogP contribution >= 0.6 is 0 Å². The SMILES string of the molecule is c1ccc([Si]2(c3ccccc3)c3ccccc3-c3ccc(-c4nc(-n5c6ccccc6c6cccnc65)nc(-n5c6ncccc6c6cccnc65)n4)cc32)cc1. The second-order valence-corrected chi connectivity index (χ2v) is 18.1. The van der Waals surface area contributed by atoms with Gasteiger partial charge in [-0.15, -0.1) is 0 Å². The fraction of sp³-hybridized carbons (Fsp3) is 0.